The summed E-state index contributed by atoms with van der Waals surface area (Å²) in [5, 5.41) is 8.87. The van der Waals surface area contributed by atoms with Crippen LogP contribution in [0.15, 0.2) is 6.33 Å². The highest BCUT2D eigenvalue weighted by molar-refractivity contribution is 6.30. The first-order valence-corrected chi connectivity index (χ1v) is 5.12. The molecule has 0 bridgehead atoms. The molecule has 0 radical (unpaired) electrons. The monoisotopic (exact) mass is 269 g/mol. The maximum Gasteiger partial charge on any atom is 0.405 e. The van der Waals surface area contributed by atoms with E-state index in [0.29, 0.717) is 5.56 Å². The predicted octanol–water partition coefficient (Wildman–Crippen LogP) is 1.80. The zero-order valence-electron chi connectivity index (χ0n) is 9.00. The summed E-state index contributed by atoms with van der Waals surface area (Å²) in [6.07, 6.45) is -3.29. The number of hydrogen-bond donors (Lipinski definition) is 1. The number of aliphatic hydroxyl groups is 1. The van der Waals surface area contributed by atoms with Crippen molar-refractivity contribution in [3.63, 3.8) is 0 Å². The fourth-order valence-electron chi connectivity index (χ4n) is 1.34. The lowest BCUT2D eigenvalue weighted by molar-refractivity contribution is -0.120. The van der Waals surface area contributed by atoms with Gasteiger partial charge < -0.3 is 10.0 Å². The third-order valence-electron chi connectivity index (χ3n) is 2.04. The second-order valence-corrected chi connectivity index (χ2v) is 3.73. The molecule has 0 fully saturated rings. The Morgan fingerprint density at radius 1 is 1.41 bits per heavy atom. The van der Waals surface area contributed by atoms with Gasteiger partial charge in [0.25, 0.3) is 0 Å². The van der Waals surface area contributed by atoms with Gasteiger partial charge in [0.05, 0.1) is 6.61 Å². The Kier molecular flexibility index (Phi) is 4.53. The molecular weight excluding hydrogens is 259 g/mol. The van der Waals surface area contributed by atoms with E-state index in [2.05, 4.69) is 9.97 Å². The molecule has 96 valence electrons. The Morgan fingerprint density at radius 3 is 2.59 bits per heavy atom. The summed E-state index contributed by atoms with van der Waals surface area (Å²) in [6.45, 7) is -0.245. The van der Waals surface area contributed by atoms with Crippen LogP contribution in [0.2, 0.25) is 5.15 Å². The minimum absolute atomic E-state index is 0.0800. The Morgan fingerprint density at radius 2 is 2.06 bits per heavy atom. The van der Waals surface area contributed by atoms with Crippen molar-refractivity contribution in [3.05, 3.63) is 17.0 Å². The average Bonchev–Trinajstić information content (AvgIpc) is 2.19. The molecule has 0 unspecified atom stereocenters. The van der Waals surface area contributed by atoms with Gasteiger partial charge in [-0.25, -0.2) is 9.97 Å². The van der Waals surface area contributed by atoms with Crippen LogP contribution < -0.4 is 4.90 Å². The standard InChI is InChI=1S/C9H11ClF3N3O/c1-6-7(10)14-5-15-8(6)16(2-3-17)4-9(11,12)13/h5,17H,2-4H2,1H3. The van der Waals surface area contributed by atoms with Crippen molar-refractivity contribution in [3.8, 4) is 0 Å². The fraction of sp³-hybridized carbons (Fsp3) is 0.556. The van der Waals surface area contributed by atoms with Gasteiger partial charge in [-0.3, -0.25) is 0 Å². The van der Waals surface area contributed by atoms with Crippen LogP contribution in [0.25, 0.3) is 0 Å². The highest BCUT2D eigenvalue weighted by Gasteiger charge is 2.32. The van der Waals surface area contributed by atoms with Crippen molar-refractivity contribution in [2.75, 3.05) is 24.6 Å². The summed E-state index contributed by atoms with van der Waals surface area (Å²) in [7, 11) is 0. The van der Waals surface area contributed by atoms with Gasteiger partial charge in [0.1, 0.15) is 23.8 Å². The molecule has 1 N–H and O–H groups in total. The maximum absolute atomic E-state index is 12.3. The van der Waals surface area contributed by atoms with E-state index < -0.39 is 19.3 Å². The Labute approximate surface area is 101 Å². The molecule has 1 aromatic heterocycles. The van der Waals surface area contributed by atoms with Gasteiger partial charge in [0.2, 0.25) is 0 Å². The van der Waals surface area contributed by atoms with Gasteiger partial charge in [-0.15, -0.1) is 0 Å². The minimum atomic E-state index is -4.38. The van der Waals surface area contributed by atoms with Crippen LogP contribution in [0.1, 0.15) is 5.56 Å². The quantitative estimate of drug-likeness (QED) is 0.847. The Balaban J connectivity index is 3.01. The van der Waals surface area contributed by atoms with E-state index in [1.54, 1.807) is 0 Å². The van der Waals surface area contributed by atoms with Crippen molar-refractivity contribution < 1.29 is 18.3 Å². The van der Waals surface area contributed by atoms with Crippen LogP contribution in [0, 0.1) is 6.92 Å². The molecule has 0 saturated heterocycles. The van der Waals surface area contributed by atoms with Gasteiger partial charge in [-0.2, -0.15) is 13.2 Å². The minimum Gasteiger partial charge on any atom is -0.395 e. The van der Waals surface area contributed by atoms with Crippen LogP contribution >= 0.6 is 11.6 Å². The van der Waals surface area contributed by atoms with Crippen LogP contribution in [0.3, 0.4) is 0 Å². The summed E-state index contributed by atoms with van der Waals surface area (Å²) in [6, 6.07) is 0. The van der Waals surface area contributed by atoms with E-state index in [4.69, 9.17) is 16.7 Å². The number of nitrogens with zero attached hydrogens (tertiary/aromatic N) is 3. The van der Waals surface area contributed by atoms with Gasteiger partial charge in [-0.1, -0.05) is 11.6 Å². The molecule has 0 spiro atoms. The highest BCUT2D eigenvalue weighted by Crippen LogP contribution is 2.25. The van der Waals surface area contributed by atoms with E-state index in [1.165, 1.54) is 6.92 Å². The second-order valence-electron chi connectivity index (χ2n) is 3.37. The third kappa shape index (κ3) is 4.01. The van der Waals surface area contributed by atoms with Crippen LogP contribution in [-0.4, -0.2) is 40.9 Å². The lowest BCUT2D eigenvalue weighted by Gasteiger charge is -2.25. The molecule has 0 aliphatic carbocycles. The average molecular weight is 270 g/mol. The lowest BCUT2D eigenvalue weighted by Crippen LogP contribution is -2.37. The van der Waals surface area contributed by atoms with E-state index in [1.807, 2.05) is 0 Å². The van der Waals surface area contributed by atoms with Crippen molar-refractivity contribution in [2.24, 2.45) is 0 Å². The zero-order chi connectivity index (χ0) is 13.1. The maximum atomic E-state index is 12.3. The first kappa shape index (κ1) is 14.0. The molecule has 0 atom stereocenters. The van der Waals surface area contributed by atoms with Crippen molar-refractivity contribution in [1.29, 1.82) is 0 Å². The summed E-state index contributed by atoms with van der Waals surface area (Å²) < 4.78 is 37.0. The number of anilines is 1. The molecule has 1 aromatic rings. The fourth-order valence-corrected chi connectivity index (χ4v) is 1.46. The van der Waals surface area contributed by atoms with E-state index in [0.717, 1.165) is 11.2 Å². The molecule has 17 heavy (non-hydrogen) atoms. The zero-order valence-corrected chi connectivity index (χ0v) is 9.76. The van der Waals surface area contributed by atoms with Gasteiger partial charge >= 0.3 is 6.18 Å². The molecular formula is C9H11ClF3N3O. The Hall–Kier alpha value is -1.08. The molecule has 0 amide bonds. The predicted molar refractivity (Wildman–Crippen MR) is 57.1 cm³/mol. The number of hydrogen-bond acceptors (Lipinski definition) is 4. The highest BCUT2D eigenvalue weighted by atomic mass is 35.5. The number of aromatic nitrogens is 2. The Bertz CT molecular complexity index is 386. The molecule has 0 aliphatic heterocycles. The van der Waals surface area contributed by atoms with Crippen LogP contribution in [0.5, 0.6) is 0 Å². The lowest BCUT2D eigenvalue weighted by atomic mass is 10.3. The normalized spacial score (nSPS) is 11.6. The van der Waals surface area contributed by atoms with Gasteiger partial charge in [0, 0.05) is 12.1 Å². The van der Waals surface area contributed by atoms with Crippen LogP contribution in [-0.2, 0) is 0 Å². The molecule has 4 nitrogen and oxygen atoms in total. The topological polar surface area (TPSA) is 49.2 Å². The SMILES string of the molecule is Cc1c(Cl)ncnc1N(CCO)CC(F)(F)F. The summed E-state index contributed by atoms with van der Waals surface area (Å²) >= 11 is 5.71. The first-order valence-electron chi connectivity index (χ1n) is 4.75. The number of rotatable bonds is 4. The van der Waals surface area contributed by atoms with Crippen LogP contribution in [0.4, 0.5) is 19.0 Å². The number of halogens is 4. The molecule has 1 rings (SSSR count). The number of alkyl halides is 3. The number of aliphatic hydroxyl groups excluding tert-OH is 1. The second kappa shape index (κ2) is 5.50. The smallest absolute Gasteiger partial charge is 0.395 e. The van der Waals surface area contributed by atoms with E-state index >= 15 is 0 Å². The molecule has 0 aromatic carbocycles. The summed E-state index contributed by atoms with van der Waals surface area (Å²) in [5.41, 5.74) is 0.354. The van der Waals surface area contributed by atoms with E-state index in [-0.39, 0.29) is 17.5 Å². The summed E-state index contributed by atoms with van der Waals surface area (Å²) in [4.78, 5) is 8.34. The summed E-state index contributed by atoms with van der Waals surface area (Å²) in [5.74, 6) is 0.0800. The third-order valence-corrected chi connectivity index (χ3v) is 2.42. The molecule has 1 heterocycles. The van der Waals surface area contributed by atoms with Crippen molar-refractivity contribution in [1.82, 2.24) is 9.97 Å². The molecule has 0 aliphatic rings. The van der Waals surface area contributed by atoms with E-state index in [9.17, 15) is 13.2 Å². The first-order chi connectivity index (χ1) is 7.85. The largest absolute Gasteiger partial charge is 0.405 e. The van der Waals surface area contributed by atoms with Gasteiger partial charge in [-0.05, 0) is 6.92 Å². The van der Waals surface area contributed by atoms with Crippen molar-refractivity contribution >= 4 is 17.4 Å². The molecule has 8 heteroatoms. The van der Waals surface area contributed by atoms with Crippen molar-refractivity contribution in [2.45, 2.75) is 13.1 Å². The molecule has 0 saturated carbocycles. The van der Waals surface area contributed by atoms with Gasteiger partial charge in [0.15, 0.2) is 0 Å².